The normalized spacial score (nSPS) is 12.6. The first-order chi connectivity index (χ1) is 14.4. The minimum Gasteiger partial charge on any atom is -0.444 e. The molecule has 0 atom stereocenters. The van der Waals surface area contributed by atoms with Crippen molar-refractivity contribution in [3.63, 3.8) is 0 Å². The summed E-state index contributed by atoms with van der Waals surface area (Å²) in [5.74, 6) is 0.829. The summed E-state index contributed by atoms with van der Waals surface area (Å²) in [5.41, 5.74) is 5.24. The van der Waals surface area contributed by atoms with Gasteiger partial charge in [0.15, 0.2) is 0 Å². The fraction of sp³-hybridized carbons (Fsp3) is 0.167. The monoisotopic (exact) mass is 396 g/mol. The topological polar surface area (TPSA) is 60.0 Å². The molecule has 3 aromatic carbocycles. The lowest BCUT2D eigenvalue weighted by Crippen LogP contribution is -2.27. The minimum absolute atomic E-state index is 0.472. The van der Waals surface area contributed by atoms with Crippen molar-refractivity contribution in [2.45, 2.75) is 26.4 Å². The highest BCUT2D eigenvalue weighted by Crippen LogP contribution is 2.39. The Kier molecular flexibility index (Phi) is 3.21. The average molecular weight is 396 g/mol. The van der Waals surface area contributed by atoms with E-state index in [0.717, 1.165) is 44.1 Å². The number of amides is 1. The molecule has 6 rings (SSSR count). The molecule has 6 aromatic rings. The lowest BCUT2D eigenvalue weighted by atomic mass is 10.1. The number of nitrogens with one attached hydrogen (secondary N) is 1. The summed E-state index contributed by atoms with van der Waals surface area (Å²) >= 11 is 0. The largest absolute Gasteiger partial charge is 0.444 e. The smallest absolute Gasteiger partial charge is 0.412 e. The van der Waals surface area contributed by atoms with Crippen molar-refractivity contribution in [1.82, 2.24) is 13.8 Å². The Bertz CT molecular complexity index is 1600. The molecule has 6 nitrogen and oxygen atoms in total. The van der Waals surface area contributed by atoms with E-state index in [1.54, 1.807) is 0 Å². The highest BCUT2D eigenvalue weighted by Gasteiger charge is 2.23. The molecule has 0 saturated carbocycles. The van der Waals surface area contributed by atoms with Crippen LogP contribution in [0, 0.1) is 0 Å². The van der Waals surface area contributed by atoms with E-state index in [1.807, 2.05) is 51.1 Å². The van der Waals surface area contributed by atoms with E-state index < -0.39 is 11.7 Å². The van der Waals surface area contributed by atoms with Gasteiger partial charge in [-0.05, 0) is 45.0 Å². The fourth-order valence-corrected chi connectivity index (χ4v) is 4.39. The van der Waals surface area contributed by atoms with E-state index in [-0.39, 0.29) is 0 Å². The summed E-state index contributed by atoms with van der Waals surface area (Å²) in [4.78, 5) is 17.4. The van der Waals surface area contributed by atoms with E-state index in [1.165, 1.54) is 0 Å². The maximum absolute atomic E-state index is 12.5. The van der Waals surface area contributed by atoms with Crippen LogP contribution in [0.1, 0.15) is 20.8 Å². The first-order valence-electron chi connectivity index (χ1n) is 9.97. The molecular weight excluding hydrogens is 376 g/mol. The SMILES string of the molecule is CC(C)(C)OC(=O)Nc1cccc2c3cccc4c3n(c12)c1nc2ccccc2n41. The third kappa shape index (κ3) is 2.24. The molecule has 0 aliphatic heterocycles. The molecule has 30 heavy (non-hydrogen) atoms. The van der Waals surface area contributed by atoms with Gasteiger partial charge in [0.25, 0.3) is 0 Å². The second kappa shape index (κ2) is 5.63. The number of benzene rings is 3. The highest BCUT2D eigenvalue weighted by molar-refractivity contribution is 6.19. The molecule has 0 aliphatic carbocycles. The predicted molar refractivity (Wildman–Crippen MR) is 120 cm³/mol. The van der Waals surface area contributed by atoms with Crippen LogP contribution in [-0.4, -0.2) is 25.5 Å². The summed E-state index contributed by atoms with van der Waals surface area (Å²) in [6, 6.07) is 20.4. The van der Waals surface area contributed by atoms with Crippen molar-refractivity contribution in [1.29, 1.82) is 0 Å². The summed E-state index contributed by atoms with van der Waals surface area (Å²) in [5, 5.41) is 5.14. The van der Waals surface area contributed by atoms with E-state index in [2.05, 4.69) is 44.5 Å². The number of imidazole rings is 2. The molecule has 1 amide bonds. The van der Waals surface area contributed by atoms with Gasteiger partial charge < -0.3 is 4.74 Å². The third-order valence-electron chi connectivity index (χ3n) is 5.41. The number of hydrogen-bond donors (Lipinski definition) is 1. The van der Waals surface area contributed by atoms with Crippen LogP contribution >= 0.6 is 0 Å². The van der Waals surface area contributed by atoms with Crippen LogP contribution in [0.15, 0.2) is 60.7 Å². The van der Waals surface area contributed by atoms with Gasteiger partial charge in [-0.1, -0.05) is 36.4 Å². The first-order valence-corrected chi connectivity index (χ1v) is 9.97. The van der Waals surface area contributed by atoms with Gasteiger partial charge in [-0.2, -0.15) is 0 Å². The number of fused-ring (bicyclic) bond motifs is 8. The fourth-order valence-electron chi connectivity index (χ4n) is 4.39. The number of para-hydroxylation sites is 4. The molecule has 1 N–H and O–H groups in total. The Balaban J connectivity index is 1.72. The van der Waals surface area contributed by atoms with Crippen molar-refractivity contribution in [2.75, 3.05) is 5.32 Å². The van der Waals surface area contributed by atoms with Crippen LogP contribution in [0.3, 0.4) is 0 Å². The van der Waals surface area contributed by atoms with Gasteiger partial charge in [0, 0.05) is 10.8 Å². The Hall–Kier alpha value is -3.80. The van der Waals surface area contributed by atoms with Gasteiger partial charge in [0.05, 0.1) is 33.3 Å². The molecular formula is C24H20N4O2. The summed E-state index contributed by atoms with van der Waals surface area (Å²) in [7, 11) is 0. The van der Waals surface area contributed by atoms with Gasteiger partial charge in [0.2, 0.25) is 5.78 Å². The second-order valence-electron chi connectivity index (χ2n) is 8.57. The van der Waals surface area contributed by atoms with E-state index in [9.17, 15) is 4.79 Å². The number of ether oxygens (including phenoxy) is 1. The van der Waals surface area contributed by atoms with Crippen LogP contribution in [0.25, 0.3) is 44.1 Å². The molecule has 3 heterocycles. The van der Waals surface area contributed by atoms with Crippen LogP contribution < -0.4 is 5.32 Å². The Labute approximate surface area is 172 Å². The highest BCUT2D eigenvalue weighted by atomic mass is 16.6. The molecule has 0 saturated heterocycles. The lowest BCUT2D eigenvalue weighted by molar-refractivity contribution is 0.0636. The van der Waals surface area contributed by atoms with E-state index in [0.29, 0.717) is 5.69 Å². The van der Waals surface area contributed by atoms with Gasteiger partial charge >= 0.3 is 6.09 Å². The Morgan fingerprint density at radius 1 is 0.867 bits per heavy atom. The van der Waals surface area contributed by atoms with Crippen LogP contribution in [0.5, 0.6) is 0 Å². The van der Waals surface area contributed by atoms with Crippen molar-refractivity contribution >= 4 is 55.9 Å². The van der Waals surface area contributed by atoms with E-state index >= 15 is 0 Å². The molecule has 6 heteroatoms. The van der Waals surface area contributed by atoms with Crippen LogP contribution in [0.2, 0.25) is 0 Å². The maximum Gasteiger partial charge on any atom is 0.412 e. The molecule has 0 spiro atoms. The predicted octanol–water partition coefficient (Wildman–Crippen LogP) is 5.83. The second-order valence-corrected chi connectivity index (χ2v) is 8.57. The number of carbonyl (C=O) groups is 1. The van der Waals surface area contributed by atoms with Crippen molar-refractivity contribution in [3.05, 3.63) is 60.7 Å². The van der Waals surface area contributed by atoms with Gasteiger partial charge in [0.1, 0.15) is 5.60 Å². The number of rotatable bonds is 1. The van der Waals surface area contributed by atoms with E-state index in [4.69, 9.17) is 9.72 Å². The zero-order chi connectivity index (χ0) is 20.6. The van der Waals surface area contributed by atoms with Gasteiger partial charge in [-0.3, -0.25) is 14.1 Å². The quantitative estimate of drug-likeness (QED) is 0.380. The minimum atomic E-state index is -0.570. The van der Waals surface area contributed by atoms with Gasteiger partial charge in [-0.25, -0.2) is 9.78 Å². The number of carbonyl (C=O) groups excluding carboxylic acids is 1. The molecule has 0 fully saturated rings. The zero-order valence-electron chi connectivity index (χ0n) is 16.9. The Morgan fingerprint density at radius 2 is 1.57 bits per heavy atom. The number of nitrogens with zero attached hydrogens (tertiary/aromatic N) is 3. The van der Waals surface area contributed by atoms with Gasteiger partial charge in [-0.15, -0.1) is 0 Å². The zero-order valence-corrected chi connectivity index (χ0v) is 16.9. The first kappa shape index (κ1) is 17.1. The Morgan fingerprint density at radius 3 is 2.37 bits per heavy atom. The van der Waals surface area contributed by atoms with Crippen molar-refractivity contribution < 1.29 is 9.53 Å². The lowest BCUT2D eigenvalue weighted by Gasteiger charge is -2.19. The number of anilines is 1. The standard InChI is InChI=1S/C24H20N4O2/c1-24(2,3)30-23(29)26-17-11-6-8-14-15-9-7-13-19-21(15)28(20(14)17)22-25-16-10-4-5-12-18(16)27(19)22/h4-13H,1-3H3,(H,26,29). The molecule has 0 aliphatic rings. The summed E-state index contributed by atoms with van der Waals surface area (Å²) in [6.45, 7) is 5.56. The molecule has 0 bridgehead atoms. The molecule has 0 radical (unpaired) electrons. The van der Waals surface area contributed by atoms with Crippen LogP contribution in [-0.2, 0) is 4.74 Å². The third-order valence-corrected chi connectivity index (χ3v) is 5.41. The molecule has 3 aromatic heterocycles. The number of aromatic nitrogens is 3. The summed E-state index contributed by atoms with van der Waals surface area (Å²) in [6.07, 6.45) is -0.472. The summed E-state index contributed by atoms with van der Waals surface area (Å²) < 4.78 is 9.82. The average Bonchev–Trinajstić information content (AvgIpc) is 3.32. The number of hydrogen-bond acceptors (Lipinski definition) is 3. The maximum atomic E-state index is 12.5. The van der Waals surface area contributed by atoms with Crippen molar-refractivity contribution in [3.8, 4) is 0 Å². The van der Waals surface area contributed by atoms with Crippen molar-refractivity contribution in [2.24, 2.45) is 0 Å². The molecule has 148 valence electrons. The molecule has 0 unspecified atom stereocenters. The van der Waals surface area contributed by atoms with Crippen LogP contribution in [0.4, 0.5) is 10.5 Å².